The number of imidazole rings is 1. The summed E-state index contributed by atoms with van der Waals surface area (Å²) in [5.74, 6) is -0.366. The van der Waals surface area contributed by atoms with Crippen molar-refractivity contribution < 1.29 is 8.78 Å². The Morgan fingerprint density at radius 3 is 2.79 bits per heavy atom. The molecular formula is C22H22F2N4. The van der Waals surface area contributed by atoms with Crippen molar-refractivity contribution in [3.05, 3.63) is 54.5 Å². The topological polar surface area (TPSA) is 46.5 Å². The summed E-state index contributed by atoms with van der Waals surface area (Å²) in [5, 5.41) is 0.738. The molecule has 1 atom stereocenters. The standard InChI is InChI=1S/C22H22F2N4/c23-15-8-6-14(7-9-15)20-21(28(13-27-20)16-4-2-1-3-5-16)19-17-10-11-25-22(17)26-12-18(19)24/h6-8,10-13,15-16H,1-5,9H2,(H,25,26). The number of fused-ring (bicyclic) bond motifs is 1. The summed E-state index contributed by atoms with van der Waals surface area (Å²) < 4.78 is 30.8. The number of aromatic nitrogens is 4. The maximum Gasteiger partial charge on any atom is 0.151 e. The van der Waals surface area contributed by atoms with Gasteiger partial charge in [0.15, 0.2) is 5.82 Å². The van der Waals surface area contributed by atoms with Gasteiger partial charge in [-0.25, -0.2) is 18.7 Å². The Kier molecular flexibility index (Phi) is 4.34. The zero-order valence-electron chi connectivity index (χ0n) is 15.5. The Bertz CT molecular complexity index is 1070. The van der Waals surface area contributed by atoms with Crippen molar-refractivity contribution in [1.29, 1.82) is 0 Å². The fraction of sp³-hybridized carbons (Fsp3) is 0.364. The number of nitrogens with one attached hydrogen (secondary N) is 1. The van der Waals surface area contributed by atoms with Crippen LogP contribution in [0, 0.1) is 5.82 Å². The molecule has 0 saturated heterocycles. The Morgan fingerprint density at radius 2 is 2.00 bits per heavy atom. The smallest absolute Gasteiger partial charge is 0.151 e. The molecule has 28 heavy (non-hydrogen) atoms. The number of aromatic amines is 1. The summed E-state index contributed by atoms with van der Waals surface area (Å²) in [6.07, 6.45) is 15.1. The largest absolute Gasteiger partial charge is 0.346 e. The highest BCUT2D eigenvalue weighted by molar-refractivity contribution is 5.96. The van der Waals surface area contributed by atoms with Crippen molar-refractivity contribution in [1.82, 2.24) is 19.5 Å². The van der Waals surface area contributed by atoms with Crippen LogP contribution >= 0.6 is 0 Å². The van der Waals surface area contributed by atoms with Gasteiger partial charge in [0.05, 0.1) is 23.9 Å². The summed E-state index contributed by atoms with van der Waals surface area (Å²) >= 11 is 0. The van der Waals surface area contributed by atoms with Gasteiger partial charge in [0.2, 0.25) is 0 Å². The molecule has 5 rings (SSSR count). The molecule has 0 aromatic carbocycles. The number of alkyl halides is 1. The van der Waals surface area contributed by atoms with Crippen LogP contribution in [0.1, 0.15) is 50.3 Å². The molecule has 3 aromatic heterocycles. The lowest BCUT2D eigenvalue weighted by Gasteiger charge is -2.25. The second-order valence-electron chi connectivity index (χ2n) is 7.63. The first kappa shape index (κ1) is 17.3. The molecule has 0 amide bonds. The molecule has 4 nitrogen and oxygen atoms in total. The highest BCUT2D eigenvalue weighted by Crippen LogP contribution is 2.40. The fourth-order valence-electron chi connectivity index (χ4n) is 4.45. The third-order valence-electron chi connectivity index (χ3n) is 5.86. The molecule has 2 aliphatic carbocycles. The van der Waals surface area contributed by atoms with E-state index < -0.39 is 6.17 Å². The van der Waals surface area contributed by atoms with E-state index in [4.69, 9.17) is 0 Å². The van der Waals surface area contributed by atoms with Crippen LogP contribution in [0.15, 0.2) is 43.0 Å². The molecule has 1 fully saturated rings. The second kappa shape index (κ2) is 7.00. The molecule has 0 aliphatic heterocycles. The molecule has 6 heteroatoms. The number of rotatable bonds is 3. The van der Waals surface area contributed by atoms with Gasteiger partial charge in [-0.2, -0.15) is 0 Å². The Labute approximate surface area is 162 Å². The number of halogens is 2. The first-order valence-electron chi connectivity index (χ1n) is 9.94. The molecule has 1 saturated carbocycles. The number of pyridine rings is 1. The van der Waals surface area contributed by atoms with Crippen molar-refractivity contribution in [2.75, 3.05) is 0 Å². The van der Waals surface area contributed by atoms with Crippen LogP contribution in [0.4, 0.5) is 8.78 Å². The summed E-state index contributed by atoms with van der Waals surface area (Å²) in [7, 11) is 0. The molecule has 144 valence electrons. The number of hydrogen-bond donors (Lipinski definition) is 1. The average molecular weight is 380 g/mol. The van der Waals surface area contributed by atoms with E-state index in [1.807, 2.05) is 18.5 Å². The van der Waals surface area contributed by atoms with E-state index in [-0.39, 0.29) is 5.82 Å². The van der Waals surface area contributed by atoms with Crippen LogP contribution in [-0.4, -0.2) is 25.7 Å². The van der Waals surface area contributed by atoms with Crippen molar-refractivity contribution in [2.45, 2.75) is 50.7 Å². The lowest BCUT2D eigenvalue weighted by molar-refractivity contribution is 0.355. The predicted molar refractivity (Wildman–Crippen MR) is 106 cm³/mol. The summed E-state index contributed by atoms with van der Waals surface area (Å²) in [5.41, 5.74) is 3.49. The van der Waals surface area contributed by atoms with E-state index >= 15 is 4.39 Å². The van der Waals surface area contributed by atoms with Gasteiger partial charge in [-0.3, -0.25) is 0 Å². The Morgan fingerprint density at radius 1 is 1.14 bits per heavy atom. The molecule has 3 heterocycles. The van der Waals surface area contributed by atoms with Crippen LogP contribution in [0.25, 0.3) is 27.9 Å². The summed E-state index contributed by atoms with van der Waals surface area (Å²) in [4.78, 5) is 11.9. The van der Waals surface area contributed by atoms with Crippen molar-refractivity contribution >= 4 is 16.6 Å². The molecule has 1 N–H and O–H groups in total. The van der Waals surface area contributed by atoms with Crippen molar-refractivity contribution in [2.24, 2.45) is 0 Å². The molecule has 2 aliphatic rings. The van der Waals surface area contributed by atoms with Crippen molar-refractivity contribution in [3.8, 4) is 11.3 Å². The predicted octanol–water partition coefficient (Wildman–Crippen LogP) is 5.75. The van der Waals surface area contributed by atoms with E-state index in [1.54, 1.807) is 18.3 Å². The minimum Gasteiger partial charge on any atom is -0.346 e. The lowest BCUT2D eigenvalue weighted by atomic mass is 9.93. The van der Waals surface area contributed by atoms with Gasteiger partial charge in [-0.15, -0.1) is 0 Å². The maximum absolute atomic E-state index is 15.1. The third-order valence-corrected chi connectivity index (χ3v) is 5.86. The molecule has 1 unspecified atom stereocenters. The van der Waals surface area contributed by atoms with Crippen LogP contribution in [-0.2, 0) is 0 Å². The van der Waals surface area contributed by atoms with Gasteiger partial charge in [-0.05, 0) is 30.6 Å². The van der Waals surface area contributed by atoms with Gasteiger partial charge in [0.1, 0.15) is 11.8 Å². The zero-order valence-corrected chi connectivity index (χ0v) is 15.5. The second-order valence-corrected chi connectivity index (χ2v) is 7.63. The van der Waals surface area contributed by atoms with E-state index in [2.05, 4.69) is 19.5 Å². The maximum atomic E-state index is 15.1. The third kappa shape index (κ3) is 2.87. The van der Waals surface area contributed by atoms with Crippen LogP contribution < -0.4 is 0 Å². The van der Waals surface area contributed by atoms with E-state index in [1.165, 1.54) is 25.5 Å². The molecule has 0 spiro atoms. The number of hydrogen-bond acceptors (Lipinski definition) is 2. The number of allylic oxidation sites excluding steroid dienone is 4. The normalized spacial score (nSPS) is 20.6. The zero-order chi connectivity index (χ0) is 19.1. The minimum atomic E-state index is -0.971. The number of H-pyrrole nitrogens is 1. The van der Waals surface area contributed by atoms with Crippen LogP contribution in [0.2, 0.25) is 0 Å². The minimum absolute atomic E-state index is 0.300. The van der Waals surface area contributed by atoms with E-state index in [0.29, 0.717) is 29.4 Å². The molecule has 0 bridgehead atoms. The Balaban J connectivity index is 1.74. The molecular weight excluding hydrogens is 358 g/mol. The van der Waals surface area contributed by atoms with Crippen LogP contribution in [0.3, 0.4) is 0 Å². The SMILES string of the molecule is Fc1cnc2[nH]ccc2c1-c1c(C2=CCC(F)C=C2)ncn1C1CCCCC1. The van der Waals surface area contributed by atoms with E-state index in [0.717, 1.165) is 29.5 Å². The summed E-state index contributed by atoms with van der Waals surface area (Å²) in [6, 6.07) is 2.15. The van der Waals surface area contributed by atoms with Gasteiger partial charge >= 0.3 is 0 Å². The fourth-order valence-corrected chi connectivity index (χ4v) is 4.45. The lowest BCUT2D eigenvalue weighted by Crippen LogP contribution is -2.14. The molecule has 3 aromatic rings. The van der Waals surface area contributed by atoms with Gasteiger partial charge < -0.3 is 9.55 Å². The number of nitrogens with zero attached hydrogens (tertiary/aromatic N) is 3. The highest BCUT2D eigenvalue weighted by atomic mass is 19.1. The monoisotopic (exact) mass is 380 g/mol. The van der Waals surface area contributed by atoms with Gasteiger partial charge in [-0.1, -0.05) is 31.4 Å². The van der Waals surface area contributed by atoms with Crippen LogP contribution in [0.5, 0.6) is 0 Å². The molecule has 0 radical (unpaired) electrons. The van der Waals surface area contributed by atoms with Gasteiger partial charge in [0, 0.05) is 29.6 Å². The first-order chi connectivity index (χ1) is 13.7. The first-order valence-corrected chi connectivity index (χ1v) is 9.94. The summed E-state index contributed by atoms with van der Waals surface area (Å²) in [6.45, 7) is 0. The Hall–Kier alpha value is -2.76. The van der Waals surface area contributed by atoms with Gasteiger partial charge in [0.25, 0.3) is 0 Å². The highest BCUT2D eigenvalue weighted by Gasteiger charge is 2.27. The quantitative estimate of drug-likeness (QED) is 0.629. The average Bonchev–Trinajstić information content (AvgIpc) is 3.36. The van der Waals surface area contributed by atoms with Crippen molar-refractivity contribution in [3.63, 3.8) is 0 Å². The van der Waals surface area contributed by atoms with E-state index in [9.17, 15) is 4.39 Å².